The van der Waals surface area contributed by atoms with E-state index < -0.39 is 10.8 Å². The number of aryl methyl sites for hydroxylation is 1. The third-order valence-electron chi connectivity index (χ3n) is 8.64. The number of hydrogen-bond donors (Lipinski definition) is 1. The molecule has 0 bridgehead atoms. The van der Waals surface area contributed by atoms with Gasteiger partial charge in [0.1, 0.15) is 4.90 Å². The van der Waals surface area contributed by atoms with Crippen molar-refractivity contribution >= 4 is 28.1 Å². The zero-order valence-electron chi connectivity index (χ0n) is 20.0. The van der Waals surface area contributed by atoms with E-state index in [1.807, 2.05) is 12.4 Å². The van der Waals surface area contributed by atoms with E-state index in [9.17, 15) is 9.32 Å². The van der Waals surface area contributed by atoms with E-state index in [0.717, 1.165) is 80.3 Å². The molecule has 0 amide bonds. The fourth-order valence-electron chi connectivity index (χ4n) is 6.24. The Morgan fingerprint density at radius 1 is 1.03 bits per heavy atom. The van der Waals surface area contributed by atoms with Gasteiger partial charge >= 0.3 is 0 Å². The summed E-state index contributed by atoms with van der Waals surface area (Å²) < 4.78 is 13.1. The van der Waals surface area contributed by atoms with Gasteiger partial charge in [-0.05, 0) is 74.8 Å². The molecular formula is C26H32N6O2S. The lowest BCUT2D eigenvalue weighted by Crippen LogP contribution is -2.56. The summed E-state index contributed by atoms with van der Waals surface area (Å²) in [5.41, 5.74) is 3.13. The van der Waals surface area contributed by atoms with Crippen LogP contribution >= 0.6 is 0 Å². The summed E-state index contributed by atoms with van der Waals surface area (Å²) >= 11 is 0. The summed E-state index contributed by atoms with van der Waals surface area (Å²) in [4.78, 5) is 24.6. The Balaban J connectivity index is 1.19. The minimum absolute atomic E-state index is 0.236. The smallest absolute Gasteiger partial charge is 0.227 e. The molecule has 3 fully saturated rings. The predicted molar refractivity (Wildman–Crippen MR) is 135 cm³/mol. The van der Waals surface area contributed by atoms with Crippen molar-refractivity contribution in [2.75, 3.05) is 35.2 Å². The molecule has 1 N–H and O–H groups in total. The van der Waals surface area contributed by atoms with Gasteiger partial charge in [-0.15, -0.1) is 0 Å². The van der Waals surface area contributed by atoms with Crippen LogP contribution in [0.15, 0.2) is 23.4 Å². The first-order valence-corrected chi connectivity index (χ1v) is 14.5. The molecule has 2 saturated carbocycles. The van der Waals surface area contributed by atoms with Crippen LogP contribution in [0.2, 0.25) is 0 Å². The molecule has 184 valence electrons. The van der Waals surface area contributed by atoms with E-state index in [2.05, 4.69) is 25.8 Å². The molecule has 2 aromatic rings. The van der Waals surface area contributed by atoms with Gasteiger partial charge in [-0.25, -0.2) is 15.0 Å². The molecule has 5 heterocycles. The van der Waals surface area contributed by atoms with Crippen molar-refractivity contribution in [1.29, 1.82) is 0 Å². The molecule has 1 saturated heterocycles. The second-order valence-corrected chi connectivity index (χ2v) is 12.2. The highest BCUT2D eigenvalue weighted by atomic mass is 32.2. The molecule has 2 atom stereocenters. The van der Waals surface area contributed by atoms with E-state index in [1.165, 1.54) is 24.0 Å². The van der Waals surface area contributed by atoms with Crippen molar-refractivity contribution in [3.63, 3.8) is 0 Å². The van der Waals surface area contributed by atoms with E-state index in [1.54, 1.807) is 0 Å². The van der Waals surface area contributed by atoms with Gasteiger partial charge in [0, 0.05) is 37.8 Å². The zero-order chi connectivity index (χ0) is 23.6. The Kier molecular flexibility index (Phi) is 5.21. The summed E-state index contributed by atoms with van der Waals surface area (Å²) in [6.45, 7) is 2.27. The highest BCUT2D eigenvalue weighted by Gasteiger charge is 2.53. The molecule has 5 aliphatic rings. The SMILES string of the molecule is O=[S@@]1CCCc2nc(N3CC=C(c4ncc(C5CC5)cn4)CC3)nc(N3CC[C@H](O)C34CCC4)c21. The molecule has 0 unspecified atom stereocenters. The first kappa shape index (κ1) is 21.9. The maximum atomic E-state index is 13.1. The van der Waals surface area contributed by atoms with Crippen LogP contribution in [-0.4, -0.2) is 66.3 Å². The largest absolute Gasteiger partial charge is 0.391 e. The summed E-state index contributed by atoms with van der Waals surface area (Å²) in [5, 5.41) is 10.8. The predicted octanol–water partition coefficient (Wildman–Crippen LogP) is 2.99. The lowest BCUT2D eigenvalue weighted by molar-refractivity contribution is 0.0579. The summed E-state index contributed by atoms with van der Waals surface area (Å²) in [6, 6.07) is 0. The Morgan fingerprint density at radius 2 is 1.86 bits per heavy atom. The van der Waals surface area contributed by atoms with Crippen molar-refractivity contribution in [2.45, 2.75) is 80.2 Å². The van der Waals surface area contributed by atoms with Crippen molar-refractivity contribution in [1.82, 2.24) is 19.9 Å². The van der Waals surface area contributed by atoms with Crippen molar-refractivity contribution in [3.05, 3.63) is 35.6 Å². The monoisotopic (exact) mass is 492 g/mol. The number of aromatic nitrogens is 4. The Labute approximate surface area is 208 Å². The van der Waals surface area contributed by atoms with E-state index in [0.29, 0.717) is 24.2 Å². The van der Waals surface area contributed by atoms with E-state index in [4.69, 9.17) is 9.97 Å². The Morgan fingerprint density at radius 3 is 2.54 bits per heavy atom. The average molecular weight is 493 g/mol. The molecule has 2 aromatic heterocycles. The van der Waals surface area contributed by atoms with Crippen LogP contribution in [0.3, 0.4) is 0 Å². The second-order valence-electron chi connectivity index (χ2n) is 10.7. The standard InChI is InChI=1S/C26H32N6O2S/c33-21-8-13-32(26(21)9-2-10-26)24-22-20(3-1-14-35(22)34)29-25(30-24)31-11-6-18(7-12-31)23-27-15-19(16-28-23)17-4-5-17/h6,15-17,21,33H,1-5,7-14H2/t21-,35+/m0/s1. The molecule has 2 aliphatic carbocycles. The molecule has 35 heavy (non-hydrogen) atoms. The van der Waals surface area contributed by atoms with Crippen LogP contribution < -0.4 is 9.80 Å². The van der Waals surface area contributed by atoms with Crippen LogP contribution in [0, 0.1) is 0 Å². The second kappa shape index (κ2) is 8.34. The number of anilines is 2. The zero-order valence-corrected chi connectivity index (χ0v) is 20.8. The van der Waals surface area contributed by atoms with Gasteiger partial charge in [0.2, 0.25) is 5.95 Å². The number of nitrogens with zero attached hydrogens (tertiary/aromatic N) is 6. The highest BCUT2D eigenvalue weighted by molar-refractivity contribution is 7.85. The maximum absolute atomic E-state index is 13.1. The van der Waals surface area contributed by atoms with Crippen molar-refractivity contribution in [3.8, 4) is 0 Å². The normalized spacial score (nSPS) is 27.5. The molecule has 0 aromatic carbocycles. The molecule has 9 heteroatoms. The molecule has 3 aliphatic heterocycles. The number of hydrogen-bond acceptors (Lipinski definition) is 8. The summed E-state index contributed by atoms with van der Waals surface area (Å²) in [6.07, 6.45) is 14.8. The Bertz CT molecular complexity index is 1210. The highest BCUT2D eigenvalue weighted by Crippen LogP contribution is 2.49. The van der Waals surface area contributed by atoms with Gasteiger partial charge < -0.3 is 14.9 Å². The third kappa shape index (κ3) is 3.61. The topological polar surface area (TPSA) is 95.3 Å². The van der Waals surface area contributed by atoms with Crippen LogP contribution in [0.4, 0.5) is 11.8 Å². The van der Waals surface area contributed by atoms with Crippen LogP contribution in [0.25, 0.3) is 5.57 Å². The first-order chi connectivity index (χ1) is 17.1. The van der Waals surface area contributed by atoms with Crippen LogP contribution in [0.1, 0.15) is 74.4 Å². The van der Waals surface area contributed by atoms with E-state index in [-0.39, 0.29) is 11.6 Å². The van der Waals surface area contributed by atoms with E-state index >= 15 is 0 Å². The third-order valence-corrected chi connectivity index (χ3v) is 10.2. The first-order valence-electron chi connectivity index (χ1n) is 13.1. The fourth-order valence-corrected chi connectivity index (χ4v) is 7.62. The fraction of sp³-hybridized carbons (Fsp3) is 0.615. The minimum Gasteiger partial charge on any atom is -0.391 e. The minimum atomic E-state index is -1.09. The van der Waals surface area contributed by atoms with Crippen LogP contribution in [-0.2, 0) is 17.2 Å². The summed E-state index contributed by atoms with van der Waals surface area (Å²) in [5.74, 6) is 3.69. The number of aliphatic hydroxyl groups excluding tert-OH is 1. The van der Waals surface area contributed by atoms with Gasteiger partial charge in [0.05, 0.1) is 28.1 Å². The van der Waals surface area contributed by atoms with Gasteiger partial charge in [-0.1, -0.05) is 6.08 Å². The maximum Gasteiger partial charge on any atom is 0.227 e. The molecule has 1 spiro atoms. The van der Waals surface area contributed by atoms with Gasteiger partial charge in [0.25, 0.3) is 0 Å². The Hall–Kier alpha value is -2.39. The van der Waals surface area contributed by atoms with Gasteiger partial charge in [-0.3, -0.25) is 4.21 Å². The summed E-state index contributed by atoms with van der Waals surface area (Å²) in [7, 11) is -1.09. The van der Waals surface area contributed by atoms with Crippen LogP contribution in [0.5, 0.6) is 0 Å². The molecule has 7 rings (SSSR count). The lowest BCUT2D eigenvalue weighted by atomic mass is 9.73. The lowest BCUT2D eigenvalue weighted by Gasteiger charge is -2.48. The number of aliphatic hydroxyl groups is 1. The number of rotatable bonds is 4. The van der Waals surface area contributed by atoms with Crippen molar-refractivity contribution < 1.29 is 9.32 Å². The molecule has 8 nitrogen and oxygen atoms in total. The molecule has 0 radical (unpaired) electrons. The average Bonchev–Trinajstić information content (AvgIpc) is 3.65. The van der Waals surface area contributed by atoms with Gasteiger partial charge in [0.15, 0.2) is 11.6 Å². The number of fused-ring (bicyclic) bond motifs is 1. The van der Waals surface area contributed by atoms with Gasteiger partial charge in [-0.2, -0.15) is 4.98 Å². The van der Waals surface area contributed by atoms with Crippen molar-refractivity contribution in [2.24, 2.45) is 0 Å². The quantitative estimate of drug-likeness (QED) is 0.696. The molecular weight excluding hydrogens is 460 g/mol.